The van der Waals surface area contributed by atoms with Crippen LogP contribution in [0.1, 0.15) is 71.1 Å². The zero-order valence-corrected chi connectivity index (χ0v) is 12.7. The number of hydrogen-bond donors (Lipinski definition) is 1. The van der Waals surface area contributed by atoms with Gasteiger partial charge in [0.05, 0.1) is 0 Å². The largest absolute Gasteiger partial charge is 0.328 e. The lowest BCUT2D eigenvalue weighted by Crippen LogP contribution is -2.55. The van der Waals surface area contributed by atoms with Crippen LogP contribution < -0.4 is 5.73 Å². The highest BCUT2D eigenvalue weighted by Crippen LogP contribution is 2.36. The van der Waals surface area contributed by atoms with Gasteiger partial charge in [-0.2, -0.15) is 0 Å². The van der Waals surface area contributed by atoms with Crippen molar-refractivity contribution in [3.63, 3.8) is 0 Å². The lowest BCUT2D eigenvalue weighted by Gasteiger charge is -2.48. The van der Waals surface area contributed by atoms with Gasteiger partial charge in [0.15, 0.2) is 0 Å². The Kier molecular flexibility index (Phi) is 4.48. The molecule has 0 spiro atoms. The maximum atomic E-state index is 6.22. The molecule has 3 fully saturated rings. The molecule has 2 N–H and O–H groups in total. The van der Waals surface area contributed by atoms with Gasteiger partial charge in [-0.15, -0.1) is 0 Å². The van der Waals surface area contributed by atoms with Crippen molar-refractivity contribution in [2.45, 2.75) is 89.3 Å². The Bertz CT molecular complexity index is 277. The van der Waals surface area contributed by atoms with Gasteiger partial charge in [0.2, 0.25) is 0 Å². The minimum absolute atomic E-state index is 0.487. The van der Waals surface area contributed by atoms with Gasteiger partial charge in [0, 0.05) is 18.1 Å². The summed E-state index contributed by atoms with van der Waals surface area (Å²) in [5, 5.41) is 0. The van der Waals surface area contributed by atoms with E-state index in [9.17, 15) is 0 Å². The van der Waals surface area contributed by atoms with Crippen molar-refractivity contribution in [2.24, 2.45) is 17.6 Å². The van der Waals surface area contributed by atoms with Gasteiger partial charge < -0.3 is 5.73 Å². The fourth-order valence-corrected chi connectivity index (χ4v) is 5.04. The second-order valence-corrected chi connectivity index (χ2v) is 7.63. The summed E-state index contributed by atoms with van der Waals surface area (Å²) in [6.07, 6.45) is 14.2. The van der Waals surface area contributed by atoms with Gasteiger partial charge in [-0.05, 0) is 56.9 Å². The van der Waals surface area contributed by atoms with Crippen LogP contribution in [0.3, 0.4) is 0 Å². The number of nitrogens with zero attached hydrogens (tertiary/aromatic N) is 1. The first-order valence-corrected chi connectivity index (χ1v) is 8.73. The summed E-state index contributed by atoms with van der Waals surface area (Å²) in [6.45, 7) is 3.81. The van der Waals surface area contributed by atoms with Gasteiger partial charge >= 0.3 is 0 Å². The molecule has 2 heteroatoms. The van der Waals surface area contributed by atoms with Crippen molar-refractivity contribution < 1.29 is 0 Å². The van der Waals surface area contributed by atoms with Gasteiger partial charge in [0.25, 0.3) is 0 Å². The minimum Gasteiger partial charge on any atom is -0.328 e. The molecule has 0 aromatic carbocycles. The molecule has 0 aromatic rings. The van der Waals surface area contributed by atoms with E-state index in [-0.39, 0.29) is 0 Å². The fraction of sp³-hybridized carbons (Fsp3) is 1.00. The molecule has 2 heterocycles. The first-order valence-electron chi connectivity index (χ1n) is 8.73. The standard InChI is InChI=1S/C17H32N2/c1-13-4-2-5-14(10-13)8-9-19-16-6-3-7-17(19)12-15(18)11-16/h13-17H,2-12,18H2,1H3. The number of piperidine rings is 2. The molecule has 19 heavy (non-hydrogen) atoms. The molecule has 110 valence electrons. The average molecular weight is 264 g/mol. The summed E-state index contributed by atoms with van der Waals surface area (Å²) < 4.78 is 0. The Balaban J connectivity index is 1.51. The Morgan fingerprint density at radius 2 is 1.63 bits per heavy atom. The van der Waals surface area contributed by atoms with Crippen LogP contribution in [0.15, 0.2) is 0 Å². The van der Waals surface area contributed by atoms with E-state index in [4.69, 9.17) is 5.73 Å². The SMILES string of the molecule is CC1CCCC(CCN2C3CCCC2CC(N)C3)C1. The molecule has 2 nitrogen and oxygen atoms in total. The highest BCUT2D eigenvalue weighted by molar-refractivity contribution is 4.94. The number of rotatable bonds is 3. The van der Waals surface area contributed by atoms with E-state index >= 15 is 0 Å². The Morgan fingerprint density at radius 1 is 0.947 bits per heavy atom. The normalized spacial score (nSPS) is 44.2. The summed E-state index contributed by atoms with van der Waals surface area (Å²) in [5.74, 6) is 1.99. The van der Waals surface area contributed by atoms with E-state index in [2.05, 4.69) is 11.8 Å². The van der Waals surface area contributed by atoms with Crippen molar-refractivity contribution in [3.05, 3.63) is 0 Å². The van der Waals surface area contributed by atoms with Crippen LogP contribution in [0.4, 0.5) is 0 Å². The number of nitrogens with two attached hydrogens (primary N) is 1. The molecular weight excluding hydrogens is 232 g/mol. The van der Waals surface area contributed by atoms with Gasteiger partial charge in [0.1, 0.15) is 0 Å². The van der Waals surface area contributed by atoms with E-state index in [0.717, 1.165) is 23.9 Å². The summed E-state index contributed by atoms with van der Waals surface area (Å²) in [5.41, 5.74) is 6.22. The van der Waals surface area contributed by atoms with Gasteiger partial charge in [-0.25, -0.2) is 0 Å². The van der Waals surface area contributed by atoms with Crippen molar-refractivity contribution in [2.75, 3.05) is 6.54 Å². The number of hydrogen-bond acceptors (Lipinski definition) is 2. The molecule has 4 atom stereocenters. The Labute approximate surface area is 119 Å². The molecule has 2 aliphatic heterocycles. The monoisotopic (exact) mass is 264 g/mol. The molecule has 1 aliphatic carbocycles. The van der Waals surface area contributed by atoms with Crippen LogP contribution in [-0.4, -0.2) is 29.6 Å². The molecule has 4 unspecified atom stereocenters. The maximum Gasteiger partial charge on any atom is 0.0113 e. The van der Waals surface area contributed by atoms with Crippen molar-refractivity contribution in [1.82, 2.24) is 4.90 Å². The van der Waals surface area contributed by atoms with Crippen LogP contribution in [0.25, 0.3) is 0 Å². The Hall–Kier alpha value is -0.0800. The molecular formula is C17H32N2. The second kappa shape index (κ2) is 6.13. The van der Waals surface area contributed by atoms with E-state index in [1.165, 1.54) is 70.8 Å². The first kappa shape index (κ1) is 13.9. The molecule has 2 bridgehead atoms. The smallest absolute Gasteiger partial charge is 0.0113 e. The first-order chi connectivity index (χ1) is 9.22. The summed E-state index contributed by atoms with van der Waals surface area (Å²) >= 11 is 0. The van der Waals surface area contributed by atoms with E-state index in [1.54, 1.807) is 0 Å². The third kappa shape index (κ3) is 3.33. The van der Waals surface area contributed by atoms with E-state index < -0.39 is 0 Å². The lowest BCUT2D eigenvalue weighted by molar-refractivity contribution is 0.0248. The van der Waals surface area contributed by atoms with Crippen molar-refractivity contribution >= 4 is 0 Å². The molecule has 0 amide bonds. The number of fused-ring (bicyclic) bond motifs is 2. The molecule has 0 aromatic heterocycles. The zero-order valence-electron chi connectivity index (χ0n) is 12.7. The predicted octanol–water partition coefficient (Wildman–Crippen LogP) is 3.55. The maximum absolute atomic E-state index is 6.22. The second-order valence-electron chi connectivity index (χ2n) is 7.63. The molecule has 1 saturated carbocycles. The van der Waals surface area contributed by atoms with Crippen molar-refractivity contribution in [3.8, 4) is 0 Å². The molecule has 0 radical (unpaired) electrons. The van der Waals surface area contributed by atoms with Crippen LogP contribution in [0.5, 0.6) is 0 Å². The van der Waals surface area contributed by atoms with Gasteiger partial charge in [-0.1, -0.05) is 32.6 Å². The molecule has 3 rings (SSSR count). The topological polar surface area (TPSA) is 29.3 Å². The lowest BCUT2D eigenvalue weighted by atomic mass is 9.79. The average Bonchev–Trinajstić information content (AvgIpc) is 2.36. The van der Waals surface area contributed by atoms with Gasteiger partial charge in [-0.3, -0.25) is 4.90 Å². The van der Waals surface area contributed by atoms with Crippen LogP contribution in [-0.2, 0) is 0 Å². The minimum atomic E-state index is 0.487. The molecule has 3 aliphatic rings. The third-order valence-electron chi connectivity index (χ3n) is 6.00. The summed E-state index contributed by atoms with van der Waals surface area (Å²) in [6, 6.07) is 2.13. The highest BCUT2D eigenvalue weighted by atomic mass is 15.2. The van der Waals surface area contributed by atoms with Crippen LogP contribution in [0.2, 0.25) is 0 Å². The predicted molar refractivity (Wildman–Crippen MR) is 81.1 cm³/mol. The zero-order chi connectivity index (χ0) is 13.2. The third-order valence-corrected chi connectivity index (χ3v) is 6.00. The highest BCUT2D eigenvalue weighted by Gasteiger charge is 2.36. The van der Waals surface area contributed by atoms with E-state index in [0.29, 0.717) is 6.04 Å². The quantitative estimate of drug-likeness (QED) is 0.844. The molecule has 2 saturated heterocycles. The van der Waals surface area contributed by atoms with Crippen LogP contribution in [0, 0.1) is 11.8 Å². The Morgan fingerprint density at radius 3 is 2.32 bits per heavy atom. The summed E-state index contributed by atoms with van der Waals surface area (Å²) in [7, 11) is 0. The van der Waals surface area contributed by atoms with Crippen molar-refractivity contribution in [1.29, 1.82) is 0 Å². The van der Waals surface area contributed by atoms with Crippen LogP contribution >= 0.6 is 0 Å². The van der Waals surface area contributed by atoms with E-state index in [1.807, 2.05) is 0 Å². The fourth-order valence-electron chi connectivity index (χ4n) is 5.04. The summed E-state index contributed by atoms with van der Waals surface area (Å²) in [4.78, 5) is 2.85.